The minimum absolute atomic E-state index is 0.0218. The van der Waals surface area contributed by atoms with E-state index in [0.29, 0.717) is 24.9 Å². The summed E-state index contributed by atoms with van der Waals surface area (Å²) >= 11 is 0. The summed E-state index contributed by atoms with van der Waals surface area (Å²) in [5, 5.41) is 25.6. The number of hydrogen-bond acceptors (Lipinski definition) is 11. The van der Waals surface area contributed by atoms with Crippen molar-refractivity contribution >= 4 is 57.1 Å². The van der Waals surface area contributed by atoms with Gasteiger partial charge in [0.25, 0.3) is 0 Å². The number of nitrogens with one attached hydrogen (secondary N) is 2. The summed E-state index contributed by atoms with van der Waals surface area (Å²) in [5.41, 5.74) is 0.688. The third-order valence-corrected chi connectivity index (χ3v) is 13.7. The highest BCUT2D eigenvalue weighted by Crippen LogP contribution is 2.30. The van der Waals surface area contributed by atoms with Gasteiger partial charge in [0.15, 0.2) is 0 Å². The summed E-state index contributed by atoms with van der Waals surface area (Å²) in [4.78, 5) is 84.7. The fourth-order valence-electron chi connectivity index (χ4n) is 8.02. The Morgan fingerprint density at radius 3 is 2.02 bits per heavy atom. The zero-order valence-electron chi connectivity index (χ0n) is 37.6. The van der Waals surface area contributed by atoms with Crippen molar-refractivity contribution in [2.24, 2.45) is 23.7 Å². The summed E-state index contributed by atoms with van der Waals surface area (Å²) in [7, 11) is 8.38. The SMILES string of the molecule is CC[C@H](C)C([C@@H](CC(=O)N1CCC[C@@H]1[C@@H](OC)[C@@H](C)C(=O)N[C@@H](C)[C@H](O)c1ccccc1)OC)N(C)C(=O)[C@@H](NC(=O)[C@@H](C(C)C)N(C)C(=O)CSSCC(=O)O)C(C)C. The number of likely N-dealkylation sites (tertiary alicyclic amines) is 1. The molecule has 0 saturated carbocycles. The lowest BCUT2D eigenvalue weighted by Crippen LogP contribution is -2.60. The molecule has 340 valence electrons. The van der Waals surface area contributed by atoms with Gasteiger partial charge in [-0.1, -0.05) is 107 Å². The van der Waals surface area contributed by atoms with Gasteiger partial charge in [0.2, 0.25) is 29.5 Å². The topological polar surface area (TPSA) is 195 Å². The van der Waals surface area contributed by atoms with Crippen molar-refractivity contribution in [3.8, 4) is 0 Å². The van der Waals surface area contributed by atoms with Gasteiger partial charge in [0.05, 0.1) is 54.5 Å². The molecule has 17 heteroatoms. The van der Waals surface area contributed by atoms with Crippen LogP contribution < -0.4 is 10.6 Å². The number of aliphatic hydroxyl groups excluding tert-OH is 1. The van der Waals surface area contributed by atoms with Crippen molar-refractivity contribution in [3.05, 3.63) is 35.9 Å². The molecule has 1 aliphatic heterocycles. The number of carboxylic acids is 1. The molecule has 0 aliphatic carbocycles. The number of hydrogen-bond donors (Lipinski definition) is 4. The third-order valence-electron chi connectivity index (χ3n) is 11.6. The van der Waals surface area contributed by atoms with Crippen molar-refractivity contribution in [3.63, 3.8) is 0 Å². The lowest BCUT2D eigenvalue weighted by molar-refractivity contribution is -0.148. The molecule has 10 atom stereocenters. The van der Waals surface area contributed by atoms with Gasteiger partial charge in [0.1, 0.15) is 17.8 Å². The Balaban J connectivity index is 2.25. The van der Waals surface area contributed by atoms with Crippen LogP contribution >= 0.6 is 21.6 Å². The fourth-order valence-corrected chi connectivity index (χ4v) is 9.70. The van der Waals surface area contributed by atoms with Crippen LogP contribution in [0.2, 0.25) is 0 Å². The van der Waals surface area contributed by atoms with Gasteiger partial charge in [-0.25, -0.2) is 0 Å². The lowest BCUT2D eigenvalue weighted by Gasteiger charge is -2.41. The van der Waals surface area contributed by atoms with Crippen LogP contribution in [0.5, 0.6) is 0 Å². The maximum Gasteiger partial charge on any atom is 0.314 e. The molecule has 1 aliphatic rings. The number of benzene rings is 1. The molecule has 5 amide bonds. The molecule has 15 nitrogen and oxygen atoms in total. The Hall–Kier alpha value is -3.38. The van der Waals surface area contributed by atoms with E-state index in [0.717, 1.165) is 28.0 Å². The molecule has 1 unspecified atom stereocenters. The highest BCUT2D eigenvalue weighted by atomic mass is 33.1. The minimum atomic E-state index is -0.988. The number of carbonyl (C=O) groups excluding carboxylic acids is 5. The van der Waals surface area contributed by atoms with E-state index in [1.807, 2.05) is 59.7 Å². The number of aliphatic hydroxyl groups is 1. The fraction of sp³-hybridized carbons (Fsp3) is 0.721. The van der Waals surface area contributed by atoms with E-state index >= 15 is 0 Å². The summed E-state index contributed by atoms with van der Waals surface area (Å²) in [6, 6.07) is 5.75. The second-order valence-corrected chi connectivity index (χ2v) is 19.0. The monoisotopic (exact) mass is 881 g/mol. The van der Waals surface area contributed by atoms with Crippen LogP contribution in [0.25, 0.3) is 0 Å². The highest BCUT2D eigenvalue weighted by Gasteiger charge is 2.43. The van der Waals surface area contributed by atoms with Crippen LogP contribution in [0.4, 0.5) is 0 Å². The van der Waals surface area contributed by atoms with Gasteiger partial charge < -0.3 is 45.0 Å². The number of carboxylic acid groups (broad SMARTS) is 1. The molecule has 60 heavy (non-hydrogen) atoms. The average molecular weight is 882 g/mol. The highest BCUT2D eigenvalue weighted by molar-refractivity contribution is 8.77. The van der Waals surface area contributed by atoms with Crippen molar-refractivity contribution in [1.82, 2.24) is 25.3 Å². The second kappa shape index (κ2) is 25.5. The number of nitrogens with zero attached hydrogens (tertiary/aromatic N) is 3. The van der Waals surface area contributed by atoms with E-state index in [4.69, 9.17) is 14.6 Å². The smallest absolute Gasteiger partial charge is 0.314 e. The first-order valence-electron chi connectivity index (χ1n) is 20.9. The molecule has 0 bridgehead atoms. The van der Waals surface area contributed by atoms with E-state index in [9.17, 15) is 33.9 Å². The van der Waals surface area contributed by atoms with Crippen molar-refractivity contribution in [2.75, 3.05) is 46.4 Å². The van der Waals surface area contributed by atoms with Crippen molar-refractivity contribution in [2.45, 2.75) is 130 Å². The van der Waals surface area contributed by atoms with Gasteiger partial charge in [-0.05, 0) is 43.1 Å². The van der Waals surface area contributed by atoms with Gasteiger partial charge >= 0.3 is 5.97 Å². The largest absolute Gasteiger partial charge is 0.481 e. The molecule has 1 fully saturated rings. The number of carbonyl (C=O) groups is 6. The number of methoxy groups -OCH3 is 2. The number of likely N-dealkylation sites (N-methyl/N-ethyl adjacent to an activating group) is 2. The van der Waals surface area contributed by atoms with Crippen LogP contribution in [-0.2, 0) is 38.2 Å². The summed E-state index contributed by atoms with van der Waals surface area (Å²) in [5.74, 6) is -4.24. The first-order valence-corrected chi connectivity index (χ1v) is 23.4. The molecule has 1 aromatic rings. The first-order chi connectivity index (χ1) is 28.2. The van der Waals surface area contributed by atoms with Crippen LogP contribution in [0, 0.1) is 23.7 Å². The molecular weight excluding hydrogens is 811 g/mol. The van der Waals surface area contributed by atoms with Gasteiger partial charge in [-0.15, -0.1) is 0 Å². The molecule has 4 N–H and O–H groups in total. The minimum Gasteiger partial charge on any atom is -0.481 e. The normalized spacial score (nSPS) is 18.7. The molecule has 1 saturated heterocycles. The Kier molecular flexibility index (Phi) is 22.4. The first kappa shape index (κ1) is 52.8. The standard InChI is InChI=1S/C43H71N5O10S2/c1-13-27(6)38(47(10)43(56)36(25(2)3)45-42(55)37(26(4)5)46(9)34(50)23-59-60-24-35(51)52)32(57-11)22-33(49)48-21-17-20-31(48)40(58-12)28(7)41(54)44-29(8)39(53)30-18-15-14-16-19-30/h14-16,18-19,25-29,31-32,36-40,53H,13,17,20-24H2,1-12H3,(H,44,54)(H,45,55)(H,51,52)/t27-,28+,29-,31+,32+,36-,37+,38?,39-,40-/m0/s1. The van der Waals surface area contributed by atoms with E-state index in [1.165, 1.54) is 26.2 Å². The van der Waals surface area contributed by atoms with Gasteiger partial charge in [-0.2, -0.15) is 0 Å². The molecule has 1 heterocycles. The molecule has 0 aromatic heterocycles. The Morgan fingerprint density at radius 1 is 0.867 bits per heavy atom. The summed E-state index contributed by atoms with van der Waals surface area (Å²) in [6.07, 6.45) is -0.265. The second-order valence-electron chi connectivity index (χ2n) is 16.6. The molecule has 0 spiro atoms. The number of aliphatic carboxylic acids is 1. The van der Waals surface area contributed by atoms with Crippen molar-refractivity contribution < 1.29 is 48.5 Å². The van der Waals surface area contributed by atoms with E-state index in [2.05, 4.69) is 10.6 Å². The predicted molar refractivity (Wildman–Crippen MR) is 236 cm³/mol. The molecule has 2 rings (SSSR count). The third kappa shape index (κ3) is 14.6. The summed E-state index contributed by atoms with van der Waals surface area (Å²) in [6.45, 7) is 15.2. The Labute approximate surface area is 365 Å². The Bertz CT molecular complexity index is 1550. The molecule has 1 aromatic carbocycles. The number of rotatable bonds is 25. The van der Waals surface area contributed by atoms with Gasteiger partial charge in [0, 0.05) is 34.9 Å². The number of amides is 5. The average Bonchev–Trinajstić information content (AvgIpc) is 3.70. The van der Waals surface area contributed by atoms with E-state index in [1.54, 1.807) is 42.8 Å². The lowest BCUT2D eigenvalue weighted by atomic mass is 9.89. The van der Waals surface area contributed by atoms with Crippen LogP contribution in [0.1, 0.15) is 92.7 Å². The van der Waals surface area contributed by atoms with Crippen LogP contribution in [0.15, 0.2) is 30.3 Å². The molecule has 0 radical (unpaired) electrons. The predicted octanol–water partition coefficient (Wildman–Crippen LogP) is 4.23. The quantitative estimate of drug-likeness (QED) is 0.0808. The van der Waals surface area contributed by atoms with Crippen LogP contribution in [-0.4, -0.2) is 149 Å². The maximum absolute atomic E-state index is 14.4. The zero-order valence-corrected chi connectivity index (χ0v) is 39.2. The van der Waals surface area contributed by atoms with E-state index in [-0.39, 0.29) is 59.3 Å². The zero-order chi connectivity index (χ0) is 45.4. The number of ether oxygens (including phenoxy) is 2. The van der Waals surface area contributed by atoms with Crippen molar-refractivity contribution in [1.29, 1.82) is 0 Å². The summed E-state index contributed by atoms with van der Waals surface area (Å²) < 4.78 is 11.9. The maximum atomic E-state index is 14.4. The van der Waals surface area contributed by atoms with Gasteiger partial charge in [-0.3, -0.25) is 28.8 Å². The molecular formula is C43H71N5O10S2. The van der Waals surface area contributed by atoms with Crippen LogP contribution in [0.3, 0.4) is 0 Å². The van der Waals surface area contributed by atoms with E-state index < -0.39 is 66.3 Å². The Morgan fingerprint density at radius 2 is 1.48 bits per heavy atom.